The van der Waals surface area contributed by atoms with Gasteiger partial charge in [-0.1, -0.05) is 11.6 Å². The molecule has 0 bridgehead atoms. The molecule has 3 nitrogen and oxygen atoms in total. The molecule has 15 heavy (non-hydrogen) atoms. The molecule has 0 aliphatic rings. The average Bonchev–Trinajstić information content (AvgIpc) is 2.67. The maximum Gasteiger partial charge on any atom is 0.260 e. The van der Waals surface area contributed by atoms with Crippen LogP contribution < -0.4 is 5.73 Å². The lowest BCUT2D eigenvalue weighted by Crippen LogP contribution is -1.90. The Morgan fingerprint density at radius 1 is 1.47 bits per heavy atom. The van der Waals surface area contributed by atoms with Crippen LogP contribution in [0.25, 0.3) is 0 Å². The summed E-state index contributed by atoms with van der Waals surface area (Å²) in [6.07, 6.45) is 2.97. The molecule has 0 radical (unpaired) electrons. The zero-order valence-corrected chi connectivity index (χ0v) is 8.98. The van der Waals surface area contributed by atoms with E-state index < -0.39 is 5.82 Å². The van der Waals surface area contributed by atoms with E-state index in [2.05, 4.69) is 4.98 Å². The first-order chi connectivity index (χ1) is 7.16. The fourth-order valence-corrected chi connectivity index (χ4v) is 1.97. The van der Waals surface area contributed by atoms with Gasteiger partial charge in [0.1, 0.15) is 12.1 Å². The number of nitrogens with two attached hydrogens (primary N) is 1. The zero-order valence-electron chi connectivity index (χ0n) is 7.41. The van der Waals surface area contributed by atoms with Crippen molar-refractivity contribution in [3.05, 3.63) is 35.4 Å². The number of benzene rings is 1. The van der Waals surface area contributed by atoms with Gasteiger partial charge in [0.05, 0.1) is 11.2 Å². The summed E-state index contributed by atoms with van der Waals surface area (Å²) in [6.45, 7) is 0. The van der Waals surface area contributed by atoms with Crippen molar-refractivity contribution in [3.63, 3.8) is 0 Å². The summed E-state index contributed by atoms with van der Waals surface area (Å²) in [6, 6.07) is 2.62. The fraction of sp³-hybridized carbons (Fsp3) is 0. The zero-order chi connectivity index (χ0) is 10.8. The van der Waals surface area contributed by atoms with E-state index in [0.717, 1.165) is 0 Å². The van der Waals surface area contributed by atoms with Gasteiger partial charge in [0.15, 0.2) is 0 Å². The lowest BCUT2D eigenvalue weighted by Gasteiger charge is -2.03. The predicted molar refractivity (Wildman–Crippen MR) is 56.4 cm³/mol. The molecular formula is C9H6ClFN2OS. The lowest BCUT2D eigenvalue weighted by atomic mass is 10.3. The van der Waals surface area contributed by atoms with Gasteiger partial charge in [-0.05, 0) is 23.9 Å². The summed E-state index contributed by atoms with van der Waals surface area (Å²) < 4.78 is 18.0. The Hall–Kier alpha value is -1.20. The van der Waals surface area contributed by atoms with E-state index in [1.165, 1.54) is 36.4 Å². The molecule has 0 spiro atoms. The van der Waals surface area contributed by atoms with Gasteiger partial charge >= 0.3 is 0 Å². The smallest absolute Gasteiger partial charge is 0.260 e. The molecule has 0 atom stereocenters. The lowest BCUT2D eigenvalue weighted by molar-refractivity contribution is 0.454. The molecule has 2 N–H and O–H groups in total. The Kier molecular flexibility index (Phi) is 2.83. The monoisotopic (exact) mass is 244 g/mol. The standard InChI is InChI=1S/C9H6ClFN2OS/c10-5-3-8(7(12)4-6(5)11)15-9-13-1-2-14-9/h1-4H,12H2. The summed E-state index contributed by atoms with van der Waals surface area (Å²) in [5.74, 6) is -0.536. The van der Waals surface area contributed by atoms with Crippen molar-refractivity contribution in [2.75, 3.05) is 5.73 Å². The summed E-state index contributed by atoms with van der Waals surface area (Å²) >= 11 is 6.82. The second-order valence-corrected chi connectivity index (χ2v) is 4.10. The topological polar surface area (TPSA) is 52.0 Å². The number of nitrogens with zero attached hydrogens (tertiary/aromatic N) is 1. The molecule has 2 aromatic rings. The van der Waals surface area contributed by atoms with Gasteiger partial charge in [-0.25, -0.2) is 9.37 Å². The van der Waals surface area contributed by atoms with Crippen LogP contribution in [0.2, 0.25) is 5.02 Å². The molecule has 0 aliphatic carbocycles. The number of hydrogen-bond acceptors (Lipinski definition) is 4. The Morgan fingerprint density at radius 2 is 2.27 bits per heavy atom. The van der Waals surface area contributed by atoms with E-state index >= 15 is 0 Å². The highest BCUT2D eigenvalue weighted by atomic mass is 35.5. The minimum absolute atomic E-state index is 0.0262. The number of oxazole rings is 1. The second kappa shape index (κ2) is 4.12. The highest BCUT2D eigenvalue weighted by molar-refractivity contribution is 7.99. The minimum atomic E-state index is -0.536. The number of halogens is 2. The van der Waals surface area contributed by atoms with Crippen LogP contribution in [0.15, 0.2) is 39.1 Å². The second-order valence-electron chi connectivity index (χ2n) is 2.70. The molecule has 0 saturated heterocycles. The highest BCUT2D eigenvalue weighted by Gasteiger charge is 2.09. The summed E-state index contributed by atoms with van der Waals surface area (Å²) in [5.41, 5.74) is 5.92. The first-order valence-corrected chi connectivity index (χ1v) is 5.18. The molecule has 0 unspecified atom stereocenters. The van der Waals surface area contributed by atoms with Crippen LogP contribution in [0.1, 0.15) is 0 Å². The van der Waals surface area contributed by atoms with Gasteiger partial charge in [0.25, 0.3) is 5.22 Å². The minimum Gasteiger partial charge on any atom is -0.440 e. The number of hydrogen-bond donors (Lipinski definition) is 1. The first-order valence-electron chi connectivity index (χ1n) is 3.98. The van der Waals surface area contributed by atoms with Crippen molar-refractivity contribution in [1.29, 1.82) is 0 Å². The van der Waals surface area contributed by atoms with Crippen LogP contribution in [-0.2, 0) is 0 Å². The van der Waals surface area contributed by atoms with E-state index in [-0.39, 0.29) is 5.02 Å². The summed E-state index contributed by atoms with van der Waals surface area (Å²) in [4.78, 5) is 4.52. The molecule has 1 aromatic carbocycles. The van der Waals surface area contributed by atoms with Crippen molar-refractivity contribution in [2.24, 2.45) is 0 Å². The Balaban J connectivity index is 2.33. The molecule has 2 rings (SSSR count). The van der Waals surface area contributed by atoms with Crippen molar-refractivity contribution in [3.8, 4) is 0 Å². The Labute approximate surface area is 94.4 Å². The molecule has 1 heterocycles. The molecule has 0 amide bonds. The predicted octanol–water partition coefficient (Wildman–Crippen LogP) is 3.20. The largest absolute Gasteiger partial charge is 0.440 e. The van der Waals surface area contributed by atoms with Gasteiger partial charge in [-0.2, -0.15) is 0 Å². The van der Waals surface area contributed by atoms with E-state index in [1.807, 2.05) is 0 Å². The van der Waals surface area contributed by atoms with Crippen LogP contribution in [0.4, 0.5) is 10.1 Å². The van der Waals surface area contributed by atoms with Crippen molar-refractivity contribution < 1.29 is 8.81 Å². The van der Waals surface area contributed by atoms with Gasteiger partial charge in [-0.15, -0.1) is 0 Å². The maximum atomic E-state index is 13.0. The van der Waals surface area contributed by atoms with E-state index in [1.54, 1.807) is 0 Å². The van der Waals surface area contributed by atoms with Gasteiger partial charge in [-0.3, -0.25) is 0 Å². The molecular weight excluding hydrogens is 239 g/mol. The number of aromatic nitrogens is 1. The molecule has 0 aliphatic heterocycles. The van der Waals surface area contributed by atoms with Gasteiger partial charge in [0, 0.05) is 10.6 Å². The number of anilines is 1. The molecule has 6 heteroatoms. The van der Waals surface area contributed by atoms with Crippen molar-refractivity contribution >= 4 is 29.1 Å². The quantitative estimate of drug-likeness (QED) is 0.825. The van der Waals surface area contributed by atoms with Crippen LogP contribution in [0, 0.1) is 5.82 Å². The van der Waals surface area contributed by atoms with Crippen LogP contribution >= 0.6 is 23.4 Å². The molecule has 1 aromatic heterocycles. The van der Waals surface area contributed by atoms with Gasteiger partial charge < -0.3 is 10.2 Å². The number of nitrogen functional groups attached to an aromatic ring is 1. The van der Waals surface area contributed by atoms with E-state index in [4.69, 9.17) is 21.8 Å². The molecule has 0 saturated carbocycles. The maximum absolute atomic E-state index is 13.0. The first kappa shape index (κ1) is 10.3. The third kappa shape index (κ3) is 2.24. The van der Waals surface area contributed by atoms with Crippen molar-refractivity contribution in [2.45, 2.75) is 10.1 Å². The van der Waals surface area contributed by atoms with Crippen molar-refractivity contribution in [1.82, 2.24) is 4.98 Å². The van der Waals surface area contributed by atoms with E-state index in [9.17, 15) is 4.39 Å². The Bertz CT molecular complexity index is 475. The fourth-order valence-electron chi connectivity index (χ4n) is 0.987. The molecule has 78 valence electrons. The highest BCUT2D eigenvalue weighted by Crippen LogP contribution is 2.34. The number of rotatable bonds is 2. The molecule has 0 fully saturated rings. The Morgan fingerprint density at radius 3 is 2.93 bits per heavy atom. The van der Waals surface area contributed by atoms with Crippen LogP contribution in [0.3, 0.4) is 0 Å². The third-order valence-electron chi connectivity index (χ3n) is 1.66. The van der Waals surface area contributed by atoms with Crippen LogP contribution in [-0.4, -0.2) is 4.98 Å². The van der Waals surface area contributed by atoms with Crippen LogP contribution in [0.5, 0.6) is 0 Å². The average molecular weight is 245 g/mol. The van der Waals surface area contributed by atoms with Gasteiger partial charge in [0.2, 0.25) is 0 Å². The summed E-state index contributed by atoms with van der Waals surface area (Å²) in [7, 11) is 0. The van der Waals surface area contributed by atoms with E-state index in [0.29, 0.717) is 15.8 Å². The summed E-state index contributed by atoms with van der Waals surface area (Å²) in [5, 5.41) is 0.461. The normalized spacial score (nSPS) is 10.5. The SMILES string of the molecule is Nc1cc(F)c(Cl)cc1Sc1ncco1. The third-order valence-corrected chi connectivity index (χ3v) is 2.90.